The average Bonchev–Trinajstić information content (AvgIpc) is 2.96. The zero-order valence-electron chi connectivity index (χ0n) is 17.9. The van der Waals surface area contributed by atoms with E-state index in [4.69, 9.17) is 4.74 Å². The van der Waals surface area contributed by atoms with Crippen molar-refractivity contribution in [3.05, 3.63) is 0 Å². The van der Waals surface area contributed by atoms with E-state index in [1.54, 1.807) is 4.90 Å². The third-order valence-electron chi connectivity index (χ3n) is 5.94. The van der Waals surface area contributed by atoms with Gasteiger partial charge in [-0.05, 0) is 25.9 Å². The second-order valence-electron chi connectivity index (χ2n) is 9.06. The van der Waals surface area contributed by atoms with Gasteiger partial charge in [0, 0.05) is 45.6 Å². The zero-order valence-corrected chi connectivity index (χ0v) is 17.9. The number of hydrogen-bond donors (Lipinski definition) is 2. The standard InChI is InChI=1S/C20H35N5O4/c1-15(2)13-23(3)7-4-8-25-14-20(29-19(25)28)5-9-24(10-6-20)18(27)16-11-21-12-17(26)22-16/h15-16,21H,4-14H2,1-3H3,(H,22,26)/t16-/m0/s1. The first-order valence-corrected chi connectivity index (χ1v) is 10.7. The van der Waals surface area contributed by atoms with E-state index >= 15 is 0 Å². The first-order valence-electron chi connectivity index (χ1n) is 10.7. The summed E-state index contributed by atoms with van der Waals surface area (Å²) in [6, 6.07) is -0.504. The van der Waals surface area contributed by atoms with Gasteiger partial charge >= 0.3 is 6.09 Å². The number of rotatable bonds is 7. The van der Waals surface area contributed by atoms with E-state index in [0.29, 0.717) is 51.5 Å². The lowest BCUT2D eigenvalue weighted by molar-refractivity contribution is -0.140. The molecule has 1 atom stereocenters. The van der Waals surface area contributed by atoms with E-state index in [0.717, 1.165) is 19.5 Å². The predicted octanol–water partition coefficient (Wildman–Crippen LogP) is -0.134. The molecule has 9 nitrogen and oxygen atoms in total. The molecule has 0 bridgehead atoms. The molecule has 3 rings (SSSR count). The van der Waals surface area contributed by atoms with Crippen molar-refractivity contribution < 1.29 is 19.1 Å². The second kappa shape index (κ2) is 9.30. The lowest BCUT2D eigenvalue weighted by Crippen LogP contribution is -2.60. The molecule has 3 amide bonds. The molecule has 3 saturated heterocycles. The van der Waals surface area contributed by atoms with Crippen molar-refractivity contribution in [1.29, 1.82) is 0 Å². The van der Waals surface area contributed by atoms with E-state index in [1.165, 1.54) is 0 Å². The fraction of sp³-hybridized carbons (Fsp3) is 0.850. The Bertz CT molecular complexity index is 618. The SMILES string of the molecule is CC(C)CN(C)CCCN1CC2(CCN(C(=O)[C@@H]3CNCC(=O)N3)CC2)OC1=O. The van der Waals surface area contributed by atoms with Gasteiger partial charge in [-0.15, -0.1) is 0 Å². The summed E-state index contributed by atoms with van der Waals surface area (Å²) < 4.78 is 5.77. The van der Waals surface area contributed by atoms with Crippen LogP contribution in [-0.2, 0) is 14.3 Å². The average molecular weight is 410 g/mol. The minimum Gasteiger partial charge on any atom is -0.441 e. The highest BCUT2D eigenvalue weighted by Crippen LogP contribution is 2.33. The van der Waals surface area contributed by atoms with Crippen molar-refractivity contribution in [2.24, 2.45) is 5.92 Å². The van der Waals surface area contributed by atoms with E-state index in [-0.39, 0.29) is 24.5 Å². The molecule has 9 heteroatoms. The van der Waals surface area contributed by atoms with E-state index in [9.17, 15) is 14.4 Å². The van der Waals surface area contributed by atoms with Crippen LogP contribution >= 0.6 is 0 Å². The van der Waals surface area contributed by atoms with Gasteiger partial charge < -0.3 is 30.1 Å². The molecule has 2 N–H and O–H groups in total. The van der Waals surface area contributed by atoms with Gasteiger partial charge in [-0.3, -0.25) is 9.59 Å². The Kier molecular flexibility index (Phi) is 7.00. The molecular formula is C20H35N5O4. The summed E-state index contributed by atoms with van der Waals surface area (Å²) >= 11 is 0. The molecule has 0 saturated carbocycles. The summed E-state index contributed by atoms with van der Waals surface area (Å²) in [6.07, 6.45) is 1.97. The number of amides is 3. The van der Waals surface area contributed by atoms with Gasteiger partial charge in [0.2, 0.25) is 11.8 Å². The normalized spacial score (nSPS) is 24.4. The Morgan fingerprint density at radius 3 is 2.69 bits per heavy atom. The van der Waals surface area contributed by atoms with Crippen LogP contribution < -0.4 is 10.6 Å². The van der Waals surface area contributed by atoms with Gasteiger partial charge in [0.15, 0.2) is 0 Å². The van der Waals surface area contributed by atoms with Crippen LogP contribution in [0.1, 0.15) is 33.1 Å². The third-order valence-corrected chi connectivity index (χ3v) is 5.94. The van der Waals surface area contributed by atoms with Crippen molar-refractivity contribution in [2.45, 2.75) is 44.8 Å². The van der Waals surface area contributed by atoms with Crippen molar-refractivity contribution in [1.82, 2.24) is 25.3 Å². The van der Waals surface area contributed by atoms with E-state index < -0.39 is 11.6 Å². The Hall–Kier alpha value is -1.87. The number of likely N-dealkylation sites (tertiary alicyclic amines) is 1. The second-order valence-corrected chi connectivity index (χ2v) is 9.06. The molecular weight excluding hydrogens is 374 g/mol. The van der Waals surface area contributed by atoms with Crippen molar-refractivity contribution >= 4 is 17.9 Å². The number of piperazine rings is 1. The predicted molar refractivity (Wildman–Crippen MR) is 108 cm³/mol. The van der Waals surface area contributed by atoms with Crippen LogP contribution in [0, 0.1) is 5.92 Å². The minimum absolute atomic E-state index is 0.0604. The lowest BCUT2D eigenvalue weighted by Gasteiger charge is -2.39. The Morgan fingerprint density at radius 2 is 2.03 bits per heavy atom. The van der Waals surface area contributed by atoms with Crippen molar-refractivity contribution in [3.8, 4) is 0 Å². The van der Waals surface area contributed by atoms with Crippen molar-refractivity contribution in [3.63, 3.8) is 0 Å². The highest BCUT2D eigenvalue weighted by atomic mass is 16.6. The Balaban J connectivity index is 1.44. The van der Waals surface area contributed by atoms with Crippen molar-refractivity contribution in [2.75, 3.05) is 59.4 Å². The molecule has 0 aromatic heterocycles. The summed E-state index contributed by atoms with van der Waals surface area (Å²) in [5.41, 5.74) is -0.480. The number of nitrogens with one attached hydrogen (secondary N) is 2. The molecule has 1 spiro atoms. The number of carbonyl (C=O) groups excluding carboxylic acids is 3. The first-order chi connectivity index (χ1) is 13.8. The maximum Gasteiger partial charge on any atom is 0.410 e. The maximum absolute atomic E-state index is 12.7. The summed E-state index contributed by atoms with van der Waals surface area (Å²) in [6.45, 7) is 9.52. The molecule has 0 aromatic rings. The van der Waals surface area contributed by atoms with Crippen LogP contribution in [0.3, 0.4) is 0 Å². The summed E-state index contributed by atoms with van der Waals surface area (Å²) in [5, 5.41) is 5.71. The molecule has 0 aliphatic carbocycles. The number of piperidine rings is 1. The fourth-order valence-corrected chi connectivity index (χ4v) is 4.50. The van der Waals surface area contributed by atoms with Gasteiger partial charge in [0.05, 0.1) is 13.1 Å². The monoisotopic (exact) mass is 409 g/mol. The van der Waals surface area contributed by atoms with Crippen LogP contribution in [0.5, 0.6) is 0 Å². The third kappa shape index (κ3) is 5.60. The minimum atomic E-state index is -0.504. The molecule has 3 heterocycles. The van der Waals surface area contributed by atoms with Crippen LogP contribution in [-0.4, -0.2) is 104 Å². The molecule has 3 aliphatic heterocycles. The molecule has 3 fully saturated rings. The first kappa shape index (κ1) is 21.8. The van der Waals surface area contributed by atoms with Crippen LogP contribution in [0.4, 0.5) is 4.79 Å². The number of carbonyl (C=O) groups is 3. The maximum atomic E-state index is 12.7. The van der Waals surface area contributed by atoms with Gasteiger partial charge in [0.1, 0.15) is 11.6 Å². The molecule has 164 valence electrons. The Labute approximate surface area is 173 Å². The molecule has 0 unspecified atom stereocenters. The zero-order chi connectivity index (χ0) is 21.0. The highest BCUT2D eigenvalue weighted by Gasteiger charge is 2.47. The molecule has 29 heavy (non-hydrogen) atoms. The van der Waals surface area contributed by atoms with Gasteiger partial charge in [0.25, 0.3) is 0 Å². The van der Waals surface area contributed by atoms with Crippen LogP contribution in [0.25, 0.3) is 0 Å². The smallest absolute Gasteiger partial charge is 0.410 e. The number of hydrogen-bond acceptors (Lipinski definition) is 6. The largest absolute Gasteiger partial charge is 0.441 e. The Morgan fingerprint density at radius 1 is 1.31 bits per heavy atom. The molecule has 0 radical (unpaired) electrons. The topological polar surface area (TPSA) is 94.2 Å². The molecule has 0 aromatic carbocycles. The summed E-state index contributed by atoms with van der Waals surface area (Å²) in [4.78, 5) is 42.4. The van der Waals surface area contributed by atoms with E-state index in [1.807, 2.05) is 4.90 Å². The van der Waals surface area contributed by atoms with Crippen LogP contribution in [0.15, 0.2) is 0 Å². The van der Waals surface area contributed by atoms with Gasteiger partial charge in [-0.1, -0.05) is 13.8 Å². The number of nitrogens with zero attached hydrogens (tertiary/aromatic N) is 3. The summed E-state index contributed by atoms with van der Waals surface area (Å²) in [5.74, 6) is 0.419. The van der Waals surface area contributed by atoms with Gasteiger partial charge in [-0.25, -0.2) is 4.79 Å². The highest BCUT2D eigenvalue weighted by molar-refractivity contribution is 5.89. The summed E-state index contributed by atoms with van der Waals surface area (Å²) in [7, 11) is 2.11. The lowest BCUT2D eigenvalue weighted by atomic mass is 9.91. The number of ether oxygens (including phenoxy) is 1. The fourth-order valence-electron chi connectivity index (χ4n) is 4.50. The quantitative estimate of drug-likeness (QED) is 0.608. The molecule has 3 aliphatic rings. The van der Waals surface area contributed by atoms with Gasteiger partial charge in [-0.2, -0.15) is 0 Å². The van der Waals surface area contributed by atoms with Crippen LogP contribution in [0.2, 0.25) is 0 Å². The van der Waals surface area contributed by atoms with E-state index in [2.05, 4.69) is 36.4 Å².